The van der Waals surface area contributed by atoms with Gasteiger partial charge in [0.1, 0.15) is 11.6 Å². The second-order valence-electron chi connectivity index (χ2n) is 7.32. The Morgan fingerprint density at radius 1 is 1.26 bits per heavy atom. The van der Waals surface area contributed by atoms with Gasteiger partial charge in [0.2, 0.25) is 0 Å². The van der Waals surface area contributed by atoms with E-state index in [1.807, 2.05) is 4.90 Å². The second kappa shape index (κ2) is 6.74. The summed E-state index contributed by atoms with van der Waals surface area (Å²) in [5.41, 5.74) is -0.126. The number of benzene rings is 1. The van der Waals surface area contributed by atoms with Crippen LogP contribution < -0.4 is 5.56 Å². The van der Waals surface area contributed by atoms with Gasteiger partial charge in [-0.2, -0.15) is 13.2 Å². The van der Waals surface area contributed by atoms with Gasteiger partial charge in [-0.3, -0.25) is 9.69 Å². The van der Waals surface area contributed by atoms with E-state index in [1.165, 1.54) is 12.1 Å². The molecule has 144 valence electrons. The van der Waals surface area contributed by atoms with Crippen LogP contribution in [0.25, 0.3) is 0 Å². The summed E-state index contributed by atoms with van der Waals surface area (Å²) in [6.45, 7) is 0.837. The molecule has 4 rings (SSSR count). The van der Waals surface area contributed by atoms with Crippen molar-refractivity contribution in [3.8, 4) is 0 Å². The Balaban J connectivity index is 1.55. The van der Waals surface area contributed by atoms with Gasteiger partial charge in [0, 0.05) is 37.2 Å². The van der Waals surface area contributed by atoms with E-state index in [9.17, 15) is 22.4 Å². The highest BCUT2D eigenvalue weighted by molar-refractivity contribution is 5.29. The highest BCUT2D eigenvalue weighted by atomic mass is 19.4. The highest BCUT2D eigenvalue weighted by Gasteiger charge is 2.35. The van der Waals surface area contributed by atoms with Gasteiger partial charge < -0.3 is 4.98 Å². The predicted molar refractivity (Wildman–Crippen MR) is 90.5 cm³/mol. The molecular formula is C19H19F4N3O. The molecule has 2 aliphatic rings. The molecular weight excluding hydrogens is 362 g/mol. The number of alkyl halides is 3. The van der Waals surface area contributed by atoms with Crippen LogP contribution in [0.2, 0.25) is 0 Å². The molecule has 0 bridgehead atoms. The lowest BCUT2D eigenvalue weighted by Gasteiger charge is -2.28. The highest BCUT2D eigenvalue weighted by Crippen LogP contribution is 2.33. The average Bonchev–Trinajstić information content (AvgIpc) is 3.39. The lowest BCUT2D eigenvalue weighted by atomic mass is 10.0. The summed E-state index contributed by atoms with van der Waals surface area (Å²) in [6, 6.07) is 3.33. The summed E-state index contributed by atoms with van der Waals surface area (Å²) in [6.07, 6.45) is -1.25. The molecule has 0 amide bonds. The fraction of sp³-hybridized carbons (Fsp3) is 0.474. The number of nitrogens with one attached hydrogen (secondary N) is 1. The summed E-state index contributed by atoms with van der Waals surface area (Å²) in [5.74, 6) is 0.00235. The zero-order valence-corrected chi connectivity index (χ0v) is 14.6. The van der Waals surface area contributed by atoms with Crippen molar-refractivity contribution in [3.05, 3.63) is 62.6 Å². The number of aromatic amines is 1. The molecule has 27 heavy (non-hydrogen) atoms. The van der Waals surface area contributed by atoms with Gasteiger partial charge in [-0.05, 0) is 31.2 Å². The van der Waals surface area contributed by atoms with Crippen LogP contribution >= 0.6 is 0 Å². The monoisotopic (exact) mass is 381 g/mol. The Morgan fingerprint density at radius 2 is 2.04 bits per heavy atom. The summed E-state index contributed by atoms with van der Waals surface area (Å²) in [4.78, 5) is 21.5. The molecule has 8 heteroatoms. The number of rotatable bonds is 4. The maximum Gasteiger partial charge on any atom is 0.419 e. The summed E-state index contributed by atoms with van der Waals surface area (Å²) < 4.78 is 53.0. The van der Waals surface area contributed by atoms with Crippen molar-refractivity contribution in [1.29, 1.82) is 0 Å². The third-order valence-corrected chi connectivity index (χ3v) is 5.16. The van der Waals surface area contributed by atoms with E-state index in [-0.39, 0.29) is 17.7 Å². The Kier molecular flexibility index (Phi) is 4.53. The Morgan fingerprint density at radius 3 is 2.74 bits per heavy atom. The van der Waals surface area contributed by atoms with Gasteiger partial charge in [0.25, 0.3) is 5.56 Å². The van der Waals surface area contributed by atoms with Gasteiger partial charge in [-0.15, -0.1) is 0 Å². The van der Waals surface area contributed by atoms with E-state index < -0.39 is 17.6 Å². The van der Waals surface area contributed by atoms with E-state index >= 15 is 0 Å². The van der Waals surface area contributed by atoms with E-state index in [1.54, 1.807) is 0 Å². The van der Waals surface area contributed by atoms with Gasteiger partial charge in [-0.1, -0.05) is 12.1 Å². The van der Waals surface area contributed by atoms with Crippen LogP contribution in [0.1, 0.15) is 41.1 Å². The molecule has 1 fully saturated rings. The molecule has 1 aliphatic heterocycles. The number of nitrogens with zero attached hydrogens (tertiary/aromatic N) is 2. The first-order chi connectivity index (χ1) is 12.8. The minimum atomic E-state index is -4.72. The lowest BCUT2D eigenvalue weighted by Crippen LogP contribution is -2.35. The normalized spacial score (nSPS) is 17.8. The molecule has 2 aromatic rings. The first kappa shape index (κ1) is 18.2. The fourth-order valence-electron chi connectivity index (χ4n) is 3.53. The molecule has 2 heterocycles. The fourth-order valence-corrected chi connectivity index (χ4v) is 3.53. The van der Waals surface area contributed by atoms with E-state index in [0.29, 0.717) is 42.5 Å². The number of hydrogen-bond donors (Lipinski definition) is 1. The van der Waals surface area contributed by atoms with E-state index in [0.717, 1.165) is 25.3 Å². The number of hydrogen-bond acceptors (Lipinski definition) is 3. The van der Waals surface area contributed by atoms with Crippen molar-refractivity contribution in [3.63, 3.8) is 0 Å². The molecule has 1 N–H and O–H groups in total. The molecule has 0 radical (unpaired) electrons. The van der Waals surface area contributed by atoms with Crippen molar-refractivity contribution in [1.82, 2.24) is 14.9 Å². The maximum atomic E-state index is 14.3. The van der Waals surface area contributed by atoms with Gasteiger partial charge in [-0.25, -0.2) is 9.37 Å². The standard InChI is InChI=1S/C19H19F4N3O/c20-17-12(2-1-3-14(17)19(21,22)23)9-26-7-6-13-15(10-26)24-16(25-18(13)27)8-11-4-5-11/h1-3,11H,4-10H2,(H,24,25,27). The molecule has 0 atom stereocenters. The third-order valence-electron chi connectivity index (χ3n) is 5.16. The maximum absolute atomic E-state index is 14.3. The predicted octanol–water partition coefficient (Wildman–Crippen LogP) is 3.44. The van der Waals surface area contributed by atoms with Crippen LogP contribution in [0.4, 0.5) is 17.6 Å². The summed E-state index contributed by atoms with van der Waals surface area (Å²) in [5, 5.41) is 0. The van der Waals surface area contributed by atoms with Crippen LogP contribution in [-0.4, -0.2) is 21.4 Å². The van der Waals surface area contributed by atoms with Crippen molar-refractivity contribution in [2.75, 3.05) is 6.54 Å². The van der Waals surface area contributed by atoms with Crippen LogP contribution in [0.5, 0.6) is 0 Å². The van der Waals surface area contributed by atoms with Crippen LogP contribution in [0.3, 0.4) is 0 Å². The summed E-state index contributed by atoms with van der Waals surface area (Å²) >= 11 is 0. The average molecular weight is 381 g/mol. The van der Waals surface area contributed by atoms with Gasteiger partial charge >= 0.3 is 6.18 Å². The van der Waals surface area contributed by atoms with E-state index in [2.05, 4.69) is 9.97 Å². The van der Waals surface area contributed by atoms with Crippen molar-refractivity contribution < 1.29 is 17.6 Å². The Bertz CT molecular complexity index is 918. The molecule has 1 aromatic carbocycles. The molecule has 4 nitrogen and oxygen atoms in total. The molecule has 1 aliphatic carbocycles. The number of halogens is 4. The molecule has 1 aromatic heterocycles. The third kappa shape index (κ3) is 3.90. The number of aromatic nitrogens is 2. The van der Waals surface area contributed by atoms with Crippen molar-refractivity contribution in [2.45, 2.75) is 44.9 Å². The topological polar surface area (TPSA) is 49.0 Å². The lowest BCUT2D eigenvalue weighted by molar-refractivity contribution is -0.140. The zero-order chi connectivity index (χ0) is 19.2. The molecule has 0 unspecified atom stereocenters. The molecule has 1 saturated carbocycles. The first-order valence-corrected chi connectivity index (χ1v) is 8.99. The first-order valence-electron chi connectivity index (χ1n) is 8.99. The van der Waals surface area contributed by atoms with Crippen LogP contribution in [0, 0.1) is 11.7 Å². The minimum absolute atomic E-state index is 0.00341. The zero-order valence-electron chi connectivity index (χ0n) is 14.6. The number of fused-ring (bicyclic) bond motifs is 1. The number of H-pyrrole nitrogens is 1. The SMILES string of the molecule is O=c1[nH]c(CC2CC2)nc2c1CCN(Cc1cccc(C(F)(F)F)c1F)C2. The smallest absolute Gasteiger partial charge is 0.310 e. The Hall–Kier alpha value is -2.22. The molecule has 0 spiro atoms. The van der Waals surface area contributed by atoms with E-state index in [4.69, 9.17) is 0 Å². The van der Waals surface area contributed by atoms with Crippen molar-refractivity contribution in [2.24, 2.45) is 5.92 Å². The Labute approximate surface area is 153 Å². The van der Waals surface area contributed by atoms with Gasteiger partial charge in [0.05, 0.1) is 11.3 Å². The quantitative estimate of drug-likeness (QED) is 0.826. The van der Waals surface area contributed by atoms with Gasteiger partial charge in [0.15, 0.2) is 0 Å². The minimum Gasteiger partial charge on any atom is -0.310 e. The van der Waals surface area contributed by atoms with Crippen LogP contribution in [0.15, 0.2) is 23.0 Å². The van der Waals surface area contributed by atoms with Crippen molar-refractivity contribution >= 4 is 0 Å². The molecule has 0 saturated heterocycles. The second-order valence-corrected chi connectivity index (χ2v) is 7.32. The summed E-state index contributed by atoms with van der Waals surface area (Å²) in [7, 11) is 0. The van der Waals surface area contributed by atoms with Crippen LogP contribution in [-0.2, 0) is 32.1 Å². The largest absolute Gasteiger partial charge is 0.419 e.